The molecule has 0 N–H and O–H groups in total. The number of aromatic nitrogens is 1. The Kier molecular flexibility index (Phi) is 5.08. The first-order valence-corrected chi connectivity index (χ1v) is 19.0. The maximum atomic E-state index is 2.56. The zero-order chi connectivity index (χ0) is 33.7. The molecule has 0 bridgehead atoms. The van der Waals surface area contributed by atoms with E-state index in [2.05, 4.69) is 174 Å². The third kappa shape index (κ3) is 3.11. The summed E-state index contributed by atoms with van der Waals surface area (Å²) >= 11 is 1.90. The fraction of sp³-hybridized carbons (Fsp3) is 0.0204. The molecule has 0 atom stereocenters. The summed E-state index contributed by atoms with van der Waals surface area (Å²) in [5.41, 5.74) is 18.7. The van der Waals surface area contributed by atoms with E-state index in [0.717, 1.165) is 0 Å². The zero-order valence-corrected chi connectivity index (χ0v) is 28.9. The maximum Gasteiger partial charge on any atom is 0.243 e. The van der Waals surface area contributed by atoms with Gasteiger partial charge in [0.2, 0.25) is 6.71 Å². The quantitative estimate of drug-likeness (QED) is 0.153. The Balaban J connectivity index is 1.16. The molecule has 0 saturated heterocycles. The largest absolute Gasteiger partial charge is 0.309 e. The van der Waals surface area contributed by atoms with Crippen LogP contribution in [-0.2, 0) is 5.41 Å². The van der Waals surface area contributed by atoms with Gasteiger partial charge >= 0.3 is 0 Å². The van der Waals surface area contributed by atoms with Crippen LogP contribution in [0.3, 0.4) is 0 Å². The van der Waals surface area contributed by atoms with Crippen molar-refractivity contribution in [3.8, 4) is 27.9 Å². The molecule has 0 unspecified atom stereocenters. The zero-order valence-electron chi connectivity index (χ0n) is 28.1. The minimum absolute atomic E-state index is 0.156. The number of fused-ring (bicyclic) bond motifs is 18. The van der Waals surface area contributed by atoms with E-state index in [1.807, 2.05) is 11.3 Å². The summed E-state index contributed by atoms with van der Waals surface area (Å²) in [6.07, 6.45) is 0. The molecule has 3 heteroatoms. The molecule has 52 heavy (non-hydrogen) atoms. The Hall–Kier alpha value is -6.16. The van der Waals surface area contributed by atoms with Gasteiger partial charge in [0, 0.05) is 36.5 Å². The van der Waals surface area contributed by atoms with E-state index < -0.39 is 0 Å². The molecule has 10 aromatic rings. The van der Waals surface area contributed by atoms with Crippen LogP contribution in [0, 0.1) is 0 Å². The fourth-order valence-corrected chi connectivity index (χ4v) is 11.8. The van der Waals surface area contributed by atoms with Gasteiger partial charge in [0.15, 0.2) is 0 Å². The number of hydrogen-bond donors (Lipinski definition) is 0. The summed E-state index contributed by atoms with van der Waals surface area (Å²) in [6.45, 7) is 0.156. The van der Waals surface area contributed by atoms with Crippen LogP contribution in [0.2, 0.25) is 0 Å². The van der Waals surface area contributed by atoms with Gasteiger partial charge in [0.25, 0.3) is 0 Å². The van der Waals surface area contributed by atoms with Crippen LogP contribution in [0.5, 0.6) is 0 Å². The van der Waals surface area contributed by atoms with Crippen molar-refractivity contribution in [1.82, 2.24) is 4.57 Å². The van der Waals surface area contributed by atoms with Crippen molar-refractivity contribution in [1.29, 1.82) is 0 Å². The molecular weight excluding hydrogens is 645 g/mol. The molecule has 2 aliphatic heterocycles. The van der Waals surface area contributed by atoms with E-state index in [1.54, 1.807) is 0 Å². The normalized spacial score (nSPS) is 14.3. The smallest absolute Gasteiger partial charge is 0.243 e. The van der Waals surface area contributed by atoms with E-state index in [0.29, 0.717) is 0 Å². The van der Waals surface area contributed by atoms with E-state index in [4.69, 9.17) is 0 Å². The lowest BCUT2D eigenvalue weighted by Gasteiger charge is -2.42. The Labute approximate surface area is 305 Å². The summed E-state index contributed by atoms with van der Waals surface area (Å²) in [7, 11) is 0. The van der Waals surface area contributed by atoms with Crippen molar-refractivity contribution in [3.63, 3.8) is 0 Å². The first-order chi connectivity index (χ1) is 25.8. The number of hydrogen-bond acceptors (Lipinski definition) is 1. The SMILES string of the molecule is c1ccc2c(c1)B1c3cccc(-n4c5ccccc5c5cc6sc7ccccc7c6cc54)c3-c3cccc(c31)C21c2ccccc2-c2ccccc21. The van der Waals surface area contributed by atoms with E-state index in [-0.39, 0.29) is 12.1 Å². The van der Waals surface area contributed by atoms with Gasteiger partial charge in [-0.3, -0.25) is 0 Å². The number of thiophene rings is 1. The van der Waals surface area contributed by atoms with Crippen molar-refractivity contribution in [3.05, 3.63) is 192 Å². The standard InChI is InChI=1S/C49H28BNS/c1-5-18-36-29(13-1)30-14-2-6-19-37(30)49(36)38-20-7-8-22-40(38)50-41-23-12-25-43(47(41)33-17-11-21-39(49)48(33)50)51-42-24-9-3-15-31(42)34-28-46-35(27-44(34)51)32-16-4-10-26-45(32)52-46/h1-28H. The van der Waals surface area contributed by atoms with E-state index >= 15 is 0 Å². The van der Waals surface area contributed by atoms with Gasteiger partial charge in [-0.1, -0.05) is 156 Å². The number of nitrogens with zero attached hydrogens (tertiary/aromatic N) is 1. The average Bonchev–Trinajstić information content (AvgIpc) is 3.92. The first kappa shape index (κ1) is 27.6. The second-order valence-corrected chi connectivity index (χ2v) is 15.8. The van der Waals surface area contributed by atoms with Gasteiger partial charge in [0.05, 0.1) is 22.1 Å². The highest BCUT2D eigenvalue weighted by molar-refractivity contribution is 7.25. The highest BCUT2D eigenvalue weighted by Gasteiger charge is 2.54. The monoisotopic (exact) mass is 673 g/mol. The van der Waals surface area contributed by atoms with Gasteiger partial charge in [-0.2, -0.15) is 0 Å². The van der Waals surface area contributed by atoms with Crippen LogP contribution < -0.4 is 16.4 Å². The lowest BCUT2D eigenvalue weighted by molar-refractivity contribution is 0.775. The van der Waals surface area contributed by atoms with Crippen LogP contribution in [-0.4, -0.2) is 11.3 Å². The minimum Gasteiger partial charge on any atom is -0.309 e. The lowest BCUT2D eigenvalue weighted by Crippen LogP contribution is -2.59. The predicted octanol–water partition coefficient (Wildman–Crippen LogP) is 10.3. The van der Waals surface area contributed by atoms with E-state index in [9.17, 15) is 0 Å². The molecule has 0 fully saturated rings. The van der Waals surface area contributed by atoms with Crippen LogP contribution in [0.25, 0.3) is 69.9 Å². The minimum atomic E-state index is -0.383. The second-order valence-electron chi connectivity index (χ2n) is 14.7. The summed E-state index contributed by atoms with van der Waals surface area (Å²) < 4.78 is 5.25. The van der Waals surface area contributed by atoms with Gasteiger partial charge in [-0.15, -0.1) is 11.3 Å². The molecule has 8 aromatic carbocycles. The highest BCUT2D eigenvalue weighted by atomic mass is 32.1. The maximum absolute atomic E-state index is 2.56. The number of benzene rings is 8. The molecule has 1 aliphatic carbocycles. The molecule has 0 saturated carbocycles. The Morgan fingerprint density at radius 1 is 0.423 bits per heavy atom. The number of para-hydroxylation sites is 1. The summed E-state index contributed by atoms with van der Waals surface area (Å²) in [4.78, 5) is 0. The van der Waals surface area contributed by atoms with Gasteiger partial charge in [-0.05, 0) is 69.3 Å². The second kappa shape index (κ2) is 9.58. The average molecular weight is 674 g/mol. The molecule has 0 radical (unpaired) electrons. The van der Waals surface area contributed by atoms with Gasteiger partial charge < -0.3 is 4.57 Å². The Morgan fingerprint density at radius 3 is 1.90 bits per heavy atom. The third-order valence-corrected chi connectivity index (χ3v) is 13.6. The molecule has 1 spiro atoms. The van der Waals surface area contributed by atoms with Crippen molar-refractivity contribution in [2.24, 2.45) is 0 Å². The van der Waals surface area contributed by atoms with Crippen LogP contribution in [0.15, 0.2) is 170 Å². The fourth-order valence-electron chi connectivity index (χ4n) is 10.7. The first-order valence-electron chi connectivity index (χ1n) is 18.2. The van der Waals surface area contributed by atoms with Crippen LogP contribution in [0.1, 0.15) is 22.3 Å². The molecule has 13 rings (SSSR count). The topological polar surface area (TPSA) is 4.93 Å². The highest BCUT2D eigenvalue weighted by Crippen LogP contribution is 2.57. The third-order valence-electron chi connectivity index (χ3n) is 12.5. The summed E-state index contributed by atoms with van der Waals surface area (Å²) in [5.74, 6) is 0. The Morgan fingerprint density at radius 2 is 1.06 bits per heavy atom. The predicted molar refractivity (Wildman–Crippen MR) is 221 cm³/mol. The van der Waals surface area contributed by atoms with Crippen LogP contribution >= 0.6 is 11.3 Å². The Bertz CT molecular complexity index is 3170. The molecule has 3 aliphatic rings. The van der Waals surface area contributed by atoms with Crippen LogP contribution in [0.4, 0.5) is 0 Å². The number of rotatable bonds is 1. The van der Waals surface area contributed by atoms with Crippen molar-refractivity contribution < 1.29 is 0 Å². The summed E-state index contributed by atoms with van der Waals surface area (Å²) in [6, 6.07) is 64.5. The van der Waals surface area contributed by atoms with Gasteiger partial charge in [0.1, 0.15) is 0 Å². The molecule has 1 nitrogen and oxygen atoms in total. The summed E-state index contributed by atoms with van der Waals surface area (Å²) in [5, 5.41) is 5.27. The molecule has 4 heterocycles. The van der Waals surface area contributed by atoms with Crippen molar-refractivity contribution in [2.75, 3.05) is 0 Å². The van der Waals surface area contributed by atoms with Crippen molar-refractivity contribution in [2.45, 2.75) is 5.41 Å². The lowest BCUT2D eigenvalue weighted by atomic mass is 9.32. The molecule has 0 amide bonds. The van der Waals surface area contributed by atoms with Crippen molar-refractivity contribution >= 4 is 76.4 Å². The van der Waals surface area contributed by atoms with Gasteiger partial charge in [-0.25, -0.2) is 0 Å². The molecular formula is C49H28BNS. The molecule has 238 valence electrons. The van der Waals surface area contributed by atoms with E-state index in [1.165, 1.54) is 109 Å². The molecule has 2 aromatic heterocycles.